The van der Waals surface area contributed by atoms with Crippen molar-refractivity contribution in [3.05, 3.63) is 41.7 Å². The molecule has 0 aliphatic heterocycles. The van der Waals surface area contributed by atoms with E-state index in [2.05, 4.69) is 30.5 Å². The third kappa shape index (κ3) is 2.02. The van der Waals surface area contributed by atoms with Crippen LogP contribution in [0.5, 0.6) is 0 Å². The van der Waals surface area contributed by atoms with E-state index in [4.69, 9.17) is 4.42 Å². The maximum atomic E-state index is 5.69. The van der Waals surface area contributed by atoms with Gasteiger partial charge in [0.05, 0.1) is 0 Å². The van der Waals surface area contributed by atoms with Gasteiger partial charge in [-0.1, -0.05) is 30.4 Å². The molecule has 0 saturated heterocycles. The van der Waals surface area contributed by atoms with Crippen molar-refractivity contribution in [3.8, 4) is 0 Å². The lowest BCUT2D eigenvalue weighted by Crippen LogP contribution is -2.17. The molecule has 0 bridgehead atoms. The van der Waals surface area contributed by atoms with Crippen LogP contribution in [0.2, 0.25) is 0 Å². The summed E-state index contributed by atoms with van der Waals surface area (Å²) in [5.74, 6) is 0.973. The Labute approximate surface area is 96.0 Å². The lowest BCUT2D eigenvalue weighted by Gasteiger charge is -2.01. The third-order valence-corrected chi connectivity index (χ3v) is 2.83. The van der Waals surface area contributed by atoms with Gasteiger partial charge in [0.25, 0.3) is 0 Å². The second kappa shape index (κ2) is 4.54. The summed E-state index contributed by atoms with van der Waals surface area (Å²) in [7, 11) is 1.95. The predicted octanol–water partition coefficient (Wildman–Crippen LogP) is 3.36. The first-order valence-corrected chi connectivity index (χ1v) is 5.56. The molecule has 1 atom stereocenters. The van der Waals surface area contributed by atoms with E-state index >= 15 is 0 Å². The van der Waals surface area contributed by atoms with Crippen LogP contribution in [0.1, 0.15) is 18.2 Å². The van der Waals surface area contributed by atoms with Crippen molar-refractivity contribution >= 4 is 17.0 Å². The fourth-order valence-corrected chi connectivity index (χ4v) is 1.73. The van der Waals surface area contributed by atoms with E-state index in [0.29, 0.717) is 6.04 Å². The van der Waals surface area contributed by atoms with Crippen molar-refractivity contribution in [1.82, 2.24) is 5.32 Å². The van der Waals surface area contributed by atoms with Gasteiger partial charge < -0.3 is 9.73 Å². The predicted molar refractivity (Wildman–Crippen MR) is 68.5 cm³/mol. The Morgan fingerprint density at radius 1 is 1.31 bits per heavy atom. The molecule has 1 unspecified atom stereocenters. The second-order valence-electron chi connectivity index (χ2n) is 4.00. The van der Waals surface area contributed by atoms with Gasteiger partial charge in [-0.05, 0) is 27.0 Å². The van der Waals surface area contributed by atoms with Gasteiger partial charge in [-0.25, -0.2) is 0 Å². The zero-order chi connectivity index (χ0) is 11.5. The summed E-state index contributed by atoms with van der Waals surface area (Å²) >= 11 is 0. The molecule has 2 nitrogen and oxygen atoms in total. The van der Waals surface area contributed by atoms with E-state index in [9.17, 15) is 0 Å². The number of hydrogen-bond acceptors (Lipinski definition) is 2. The average molecular weight is 215 g/mol. The molecule has 0 aliphatic rings. The first-order valence-electron chi connectivity index (χ1n) is 5.56. The van der Waals surface area contributed by atoms with Crippen LogP contribution in [0.4, 0.5) is 0 Å². The zero-order valence-corrected chi connectivity index (χ0v) is 9.95. The Hall–Kier alpha value is -1.54. The number of para-hydroxylation sites is 1. The van der Waals surface area contributed by atoms with E-state index < -0.39 is 0 Å². The van der Waals surface area contributed by atoms with E-state index in [1.54, 1.807) is 0 Å². The average Bonchev–Trinajstić information content (AvgIpc) is 2.62. The largest absolute Gasteiger partial charge is 0.461 e. The Morgan fingerprint density at radius 2 is 2.06 bits per heavy atom. The molecule has 84 valence electrons. The first-order chi connectivity index (χ1) is 7.72. The van der Waals surface area contributed by atoms with Crippen LogP contribution in [0.25, 0.3) is 17.0 Å². The Kier molecular flexibility index (Phi) is 3.11. The van der Waals surface area contributed by atoms with Crippen LogP contribution in [0.3, 0.4) is 0 Å². The van der Waals surface area contributed by atoms with Crippen molar-refractivity contribution in [3.63, 3.8) is 0 Å². The summed E-state index contributed by atoms with van der Waals surface area (Å²) in [6.45, 7) is 4.12. The van der Waals surface area contributed by atoms with Crippen LogP contribution in [0, 0.1) is 6.92 Å². The minimum atomic E-state index is 0.369. The molecule has 16 heavy (non-hydrogen) atoms. The molecule has 0 radical (unpaired) electrons. The molecule has 2 rings (SSSR count). The summed E-state index contributed by atoms with van der Waals surface area (Å²) in [5.41, 5.74) is 2.13. The van der Waals surface area contributed by atoms with Crippen molar-refractivity contribution in [2.45, 2.75) is 19.9 Å². The molecular formula is C14H17NO. The van der Waals surface area contributed by atoms with Crippen LogP contribution >= 0.6 is 0 Å². The smallest absolute Gasteiger partial charge is 0.134 e. The number of nitrogens with one attached hydrogen (secondary N) is 1. The number of aryl methyl sites for hydroxylation is 1. The lowest BCUT2D eigenvalue weighted by molar-refractivity contribution is 0.577. The van der Waals surface area contributed by atoms with Gasteiger partial charge in [0.15, 0.2) is 0 Å². The molecular weight excluding hydrogens is 198 g/mol. The monoisotopic (exact) mass is 215 g/mol. The SMILES string of the molecule is CNC(C)/C=C/c1c(C)oc2ccccc12. The van der Waals surface area contributed by atoms with E-state index in [1.165, 1.54) is 10.9 Å². The summed E-state index contributed by atoms with van der Waals surface area (Å²) in [5, 5.41) is 4.36. The lowest BCUT2D eigenvalue weighted by atomic mass is 10.1. The highest BCUT2D eigenvalue weighted by Gasteiger charge is 2.07. The summed E-state index contributed by atoms with van der Waals surface area (Å²) in [4.78, 5) is 0. The Morgan fingerprint density at radius 3 is 2.81 bits per heavy atom. The topological polar surface area (TPSA) is 25.2 Å². The normalized spacial score (nSPS) is 13.7. The number of fused-ring (bicyclic) bond motifs is 1. The molecule has 2 heteroatoms. The summed E-state index contributed by atoms with van der Waals surface area (Å²) < 4.78 is 5.69. The standard InChI is InChI=1S/C14H17NO/c1-10(15-3)8-9-12-11(2)16-14-7-5-4-6-13(12)14/h4-10,15H,1-3H3/b9-8+. The fourth-order valence-electron chi connectivity index (χ4n) is 1.73. The molecule has 1 heterocycles. The van der Waals surface area contributed by atoms with Gasteiger partial charge in [0.2, 0.25) is 0 Å². The maximum Gasteiger partial charge on any atom is 0.134 e. The zero-order valence-electron chi connectivity index (χ0n) is 9.95. The molecule has 1 aromatic heterocycles. The maximum absolute atomic E-state index is 5.69. The van der Waals surface area contributed by atoms with Gasteiger partial charge in [0, 0.05) is 17.0 Å². The van der Waals surface area contributed by atoms with E-state index in [-0.39, 0.29) is 0 Å². The molecule has 0 saturated carbocycles. The van der Waals surface area contributed by atoms with Gasteiger partial charge in [-0.15, -0.1) is 0 Å². The molecule has 0 aliphatic carbocycles. The Balaban J connectivity index is 2.43. The second-order valence-corrected chi connectivity index (χ2v) is 4.00. The highest BCUT2D eigenvalue weighted by molar-refractivity contribution is 5.88. The number of benzene rings is 1. The van der Waals surface area contributed by atoms with Crippen LogP contribution in [0.15, 0.2) is 34.8 Å². The molecule has 0 spiro atoms. The fraction of sp³-hybridized carbons (Fsp3) is 0.286. The van der Waals surface area contributed by atoms with Gasteiger partial charge >= 0.3 is 0 Å². The number of likely N-dealkylation sites (N-methyl/N-ethyl adjacent to an activating group) is 1. The van der Waals surface area contributed by atoms with Gasteiger partial charge in [-0.3, -0.25) is 0 Å². The highest BCUT2D eigenvalue weighted by atomic mass is 16.3. The van der Waals surface area contributed by atoms with Gasteiger partial charge in [-0.2, -0.15) is 0 Å². The van der Waals surface area contributed by atoms with Crippen molar-refractivity contribution in [2.24, 2.45) is 0 Å². The summed E-state index contributed by atoms with van der Waals surface area (Å²) in [6.07, 6.45) is 4.27. The minimum absolute atomic E-state index is 0.369. The minimum Gasteiger partial charge on any atom is -0.461 e. The summed E-state index contributed by atoms with van der Waals surface area (Å²) in [6, 6.07) is 8.50. The third-order valence-electron chi connectivity index (χ3n) is 2.83. The number of rotatable bonds is 3. The molecule has 1 N–H and O–H groups in total. The quantitative estimate of drug-likeness (QED) is 0.849. The van der Waals surface area contributed by atoms with Crippen LogP contribution in [-0.4, -0.2) is 13.1 Å². The molecule has 0 fully saturated rings. The highest BCUT2D eigenvalue weighted by Crippen LogP contribution is 2.26. The van der Waals surface area contributed by atoms with Crippen molar-refractivity contribution < 1.29 is 4.42 Å². The van der Waals surface area contributed by atoms with Gasteiger partial charge in [0.1, 0.15) is 11.3 Å². The van der Waals surface area contributed by atoms with E-state index in [0.717, 1.165) is 11.3 Å². The van der Waals surface area contributed by atoms with Crippen LogP contribution < -0.4 is 5.32 Å². The first kappa shape index (κ1) is 11.0. The Bertz CT molecular complexity index is 510. The molecule has 1 aromatic carbocycles. The van der Waals surface area contributed by atoms with Crippen molar-refractivity contribution in [1.29, 1.82) is 0 Å². The van der Waals surface area contributed by atoms with E-state index in [1.807, 2.05) is 32.2 Å². The number of hydrogen-bond donors (Lipinski definition) is 1. The molecule has 2 aromatic rings. The number of furan rings is 1. The van der Waals surface area contributed by atoms with Crippen LogP contribution in [-0.2, 0) is 0 Å². The van der Waals surface area contributed by atoms with Crippen molar-refractivity contribution in [2.75, 3.05) is 7.05 Å². The molecule has 0 amide bonds.